The molecule has 230 valence electrons. The number of aromatic nitrogens is 2. The molecule has 2 aromatic heterocycles. The van der Waals surface area contributed by atoms with Gasteiger partial charge in [-0.1, -0.05) is 119 Å². The Kier molecular flexibility index (Phi) is 6.26. The predicted molar refractivity (Wildman–Crippen MR) is 198 cm³/mol. The predicted octanol–water partition coefficient (Wildman–Crippen LogP) is 12.5. The average Bonchev–Trinajstić information content (AvgIpc) is 3.70. The normalized spacial score (nSPS) is 13.1. The lowest BCUT2D eigenvalue weighted by Gasteiger charge is -2.24. The van der Waals surface area contributed by atoms with Gasteiger partial charge in [0.15, 0.2) is 0 Å². The summed E-state index contributed by atoms with van der Waals surface area (Å²) in [5.74, 6) is 1.12. The Bertz CT molecular complexity index is 2490. The van der Waals surface area contributed by atoms with Crippen LogP contribution in [-0.2, 0) is 0 Å². The van der Waals surface area contributed by atoms with Gasteiger partial charge in [0.05, 0.1) is 22.3 Å². The van der Waals surface area contributed by atoms with Crippen molar-refractivity contribution in [2.24, 2.45) is 0 Å². The lowest BCUT2D eigenvalue weighted by Crippen LogP contribution is -2.09. The van der Waals surface area contributed by atoms with Gasteiger partial charge in [0.1, 0.15) is 17.0 Å². The molecule has 47 heavy (non-hydrogen) atoms. The molecule has 0 bridgehead atoms. The number of para-hydroxylation sites is 3. The molecule has 0 saturated carbocycles. The van der Waals surface area contributed by atoms with Crippen molar-refractivity contribution in [1.82, 2.24) is 9.55 Å². The van der Waals surface area contributed by atoms with Gasteiger partial charge in [-0.15, -0.1) is 0 Å². The zero-order valence-electron chi connectivity index (χ0n) is 30.1. The van der Waals surface area contributed by atoms with Gasteiger partial charge in [-0.3, -0.25) is 4.57 Å². The van der Waals surface area contributed by atoms with Crippen LogP contribution >= 0.6 is 0 Å². The number of fused-ring (bicyclic) bond motifs is 4. The van der Waals surface area contributed by atoms with Gasteiger partial charge >= 0.3 is 0 Å². The molecule has 0 aliphatic heterocycles. The molecule has 0 saturated heterocycles. The maximum Gasteiger partial charge on any atom is 0.149 e. The van der Waals surface area contributed by atoms with E-state index in [1.165, 1.54) is 33.4 Å². The van der Waals surface area contributed by atoms with Gasteiger partial charge < -0.3 is 4.42 Å². The first kappa shape index (κ1) is 25.7. The summed E-state index contributed by atoms with van der Waals surface area (Å²) in [5.41, 5.74) is 12.3. The monoisotopic (exact) mass is 613 g/mol. The van der Waals surface area contributed by atoms with Crippen molar-refractivity contribution in [3.05, 3.63) is 144 Å². The fraction of sp³-hybridized carbons (Fsp3) is 0.159. The summed E-state index contributed by atoms with van der Waals surface area (Å²) < 4.78 is 33.9. The van der Waals surface area contributed by atoms with Crippen molar-refractivity contribution in [1.29, 1.82) is 0 Å². The van der Waals surface area contributed by atoms with E-state index < -0.39 is 6.85 Å². The Labute approximate surface area is 280 Å². The number of rotatable bonds is 6. The zero-order chi connectivity index (χ0) is 34.7. The molecule has 2 heterocycles. The largest absolute Gasteiger partial charge is 0.455 e. The van der Waals surface area contributed by atoms with E-state index in [1.54, 1.807) is 6.07 Å². The van der Waals surface area contributed by atoms with Crippen molar-refractivity contribution >= 4 is 33.0 Å². The minimum absolute atomic E-state index is 0.198. The first-order chi connectivity index (χ1) is 24.1. The summed E-state index contributed by atoms with van der Waals surface area (Å²) >= 11 is 0. The Morgan fingerprint density at radius 3 is 1.96 bits per heavy atom. The second-order valence-corrected chi connectivity index (χ2v) is 13.0. The molecule has 8 rings (SSSR count). The molecule has 0 fully saturated rings. The summed E-state index contributed by atoms with van der Waals surface area (Å²) in [6.07, 6.45) is 0. The number of hydrogen-bond acceptors (Lipinski definition) is 2. The highest BCUT2D eigenvalue weighted by atomic mass is 16.3. The molecule has 8 aromatic rings. The maximum atomic E-state index is 8.38. The van der Waals surface area contributed by atoms with Gasteiger partial charge in [0, 0.05) is 14.9 Å². The number of benzene rings is 6. The van der Waals surface area contributed by atoms with Crippen LogP contribution in [0.4, 0.5) is 0 Å². The van der Waals surface area contributed by atoms with Crippen LogP contribution in [0.2, 0.25) is 0 Å². The summed E-state index contributed by atoms with van der Waals surface area (Å²) in [6, 6.07) is 43.4. The summed E-state index contributed by atoms with van der Waals surface area (Å²) in [6.45, 7) is 6.66. The van der Waals surface area contributed by atoms with Gasteiger partial charge in [0.2, 0.25) is 0 Å². The van der Waals surface area contributed by atoms with E-state index in [0.717, 1.165) is 33.5 Å². The van der Waals surface area contributed by atoms with E-state index in [-0.39, 0.29) is 17.4 Å². The van der Waals surface area contributed by atoms with Crippen molar-refractivity contribution in [2.75, 3.05) is 0 Å². The van der Waals surface area contributed by atoms with Gasteiger partial charge in [-0.2, -0.15) is 0 Å². The fourth-order valence-corrected chi connectivity index (χ4v) is 6.91. The van der Waals surface area contributed by atoms with Crippen LogP contribution in [-0.4, -0.2) is 9.55 Å². The van der Waals surface area contributed by atoms with E-state index in [0.29, 0.717) is 16.6 Å². The van der Waals surface area contributed by atoms with Crippen molar-refractivity contribution in [3.63, 3.8) is 0 Å². The topological polar surface area (TPSA) is 31.0 Å². The van der Waals surface area contributed by atoms with E-state index >= 15 is 0 Å². The molecular weight excluding hydrogens is 572 g/mol. The van der Waals surface area contributed by atoms with Crippen LogP contribution < -0.4 is 0 Å². The minimum Gasteiger partial charge on any atom is -0.455 e. The van der Waals surface area contributed by atoms with Gasteiger partial charge in [-0.05, 0) is 94.0 Å². The first-order valence-electron chi connectivity index (χ1n) is 17.9. The number of nitrogens with zero attached hydrogens (tertiary/aromatic N) is 2. The minimum atomic E-state index is -2.31. The highest BCUT2D eigenvalue weighted by molar-refractivity contribution is 6.11. The smallest absolute Gasteiger partial charge is 0.149 e. The van der Waals surface area contributed by atoms with Crippen LogP contribution in [0.1, 0.15) is 60.3 Å². The number of furan rings is 1. The molecule has 0 radical (unpaired) electrons. The molecule has 0 amide bonds. The average molecular weight is 614 g/mol. The first-order valence-corrected chi connectivity index (χ1v) is 16.4. The Hall–Kier alpha value is -5.41. The Morgan fingerprint density at radius 1 is 0.638 bits per heavy atom. The molecule has 0 spiro atoms. The van der Waals surface area contributed by atoms with E-state index in [2.05, 4.69) is 99.0 Å². The third kappa shape index (κ3) is 4.85. The zero-order valence-corrected chi connectivity index (χ0v) is 27.1. The quantitative estimate of drug-likeness (QED) is 0.187. The van der Waals surface area contributed by atoms with E-state index in [9.17, 15) is 0 Å². The summed E-state index contributed by atoms with van der Waals surface area (Å²) in [4.78, 5) is 5.25. The molecule has 3 heteroatoms. The van der Waals surface area contributed by atoms with Crippen molar-refractivity contribution in [2.45, 2.75) is 46.4 Å². The van der Waals surface area contributed by atoms with Crippen LogP contribution in [0.5, 0.6) is 0 Å². The molecule has 6 aromatic carbocycles. The molecular formula is C44H38N2O. The van der Waals surface area contributed by atoms with Crippen molar-refractivity contribution < 1.29 is 8.53 Å². The lowest BCUT2D eigenvalue weighted by atomic mass is 9.87. The highest BCUT2D eigenvalue weighted by Crippen LogP contribution is 2.43. The number of imidazole rings is 1. The van der Waals surface area contributed by atoms with Crippen LogP contribution in [0, 0.1) is 6.85 Å². The molecule has 0 unspecified atom stereocenters. The summed E-state index contributed by atoms with van der Waals surface area (Å²) in [7, 11) is 0. The molecule has 0 aliphatic rings. The summed E-state index contributed by atoms with van der Waals surface area (Å²) in [5, 5.41) is 1.39. The molecule has 3 nitrogen and oxygen atoms in total. The van der Waals surface area contributed by atoms with Crippen LogP contribution in [0.25, 0.3) is 72.3 Å². The second-order valence-electron chi connectivity index (χ2n) is 13.0. The third-order valence-electron chi connectivity index (χ3n) is 9.29. The Morgan fingerprint density at radius 2 is 1.26 bits per heavy atom. The second kappa shape index (κ2) is 11.4. The SMILES string of the molecule is [2H]C([2H])([2H])c1ccc(-c2nc3ccccc3n2-c2c(C(C)C)cc(-c3ccc(-c4ccccc4)cc3)cc2C(C)C)c2oc3ccccc3c12. The van der Waals surface area contributed by atoms with E-state index in [1.807, 2.05) is 54.6 Å². The van der Waals surface area contributed by atoms with Gasteiger partial charge in [0.25, 0.3) is 0 Å². The van der Waals surface area contributed by atoms with Crippen LogP contribution in [0.15, 0.2) is 132 Å². The van der Waals surface area contributed by atoms with E-state index in [4.69, 9.17) is 13.5 Å². The fourth-order valence-electron chi connectivity index (χ4n) is 6.91. The molecule has 0 atom stereocenters. The molecule has 0 aliphatic carbocycles. The van der Waals surface area contributed by atoms with Gasteiger partial charge in [-0.25, -0.2) is 4.98 Å². The van der Waals surface area contributed by atoms with Crippen molar-refractivity contribution in [3.8, 4) is 39.3 Å². The number of hydrogen-bond donors (Lipinski definition) is 0. The number of aryl methyl sites for hydroxylation is 1. The molecule has 0 N–H and O–H groups in total. The third-order valence-corrected chi connectivity index (χ3v) is 9.29. The Balaban J connectivity index is 1.40. The van der Waals surface area contributed by atoms with Crippen LogP contribution in [0.3, 0.4) is 0 Å². The maximum absolute atomic E-state index is 8.38. The highest BCUT2D eigenvalue weighted by Gasteiger charge is 2.25. The lowest BCUT2D eigenvalue weighted by molar-refractivity contribution is 0.669. The standard InChI is InChI=1S/C44H38N2O/c1-27(2)36-25-33(32-22-20-31(21-23-32)30-13-7-6-8-14-30)26-37(28(3)4)42(36)46-39-17-11-10-16-38(39)45-44(46)35-24-19-29(5)41-34-15-9-12-18-40(34)47-43(35)41/h6-28H,1-5H3/i5D3.